The van der Waals surface area contributed by atoms with Gasteiger partial charge in [0.2, 0.25) is 0 Å². The van der Waals surface area contributed by atoms with Crippen LogP contribution in [0.4, 0.5) is 0 Å². The highest BCUT2D eigenvalue weighted by Crippen LogP contribution is 2.28. The van der Waals surface area contributed by atoms with Gasteiger partial charge in [0.25, 0.3) is 0 Å². The summed E-state index contributed by atoms with van der Waals surface area (Å²) in [5.41, 5.74) is -0.970. The molecule has 0 unspecified atom stereocenters. The molecule has 4 nitrogen and oxygen atoms in total. The zero-order valence-corrected chi connectivity index (χ0v) is 8.46. The Bertz CT molecular complexity index is 208. The van der Waals surface area contributed by atoms with Gasteiger partial charge < -0.3 is 9.84 Å². The van der Waals surface area contributed by atoms with Crippen molar-refractivity contribution in [1.82, 2.24) is 0 Å². The number of aliphatic carboxylic acids is 1. The van der Waals surface area contributed by atoms with Gasteiger partial charge in [-0.3, -0.25) is 9.59 Å². The number of rotatable bonds is 4. The van der Waals surface area contributed by atoms with Crippen molar-refractivity contribution in [3.05, 3.63) is 0 Å². The molecule has 0 bridgehead atoms. The second-order valence-corrected chi connectivity index (χ2v) is 3.50. The highest BCUT2D eigenvalue weighted by atomic mass is 16.5. The van der Waals surface area contributed by atoms with Crippen LogP contribution in [0.1, 0.15) is 27.7 Å². The number of hydrogen-bond acceptors (Lipinski definition) is 3. The van der Waals surface area contributed by atoms with Crippen LogP contribution in [0.2, 0.25) is 0 Å². The highest BCUT2D eigenvalue weighted by molar-refractivity contribution is 5.83. The van der Waals surface area contributed by atoms with E-state index in [0.717, 1.165) is 0 Å². The first-order valence-corrected chi connectivity index (χ1v) is 4.24. The van der Waals surface area contributed by atoms with E-state index in [-0.39, 0.29) is 6.61 Å². The number of hydrogen-bond donors (Lipinski definition) is 1. The smallest absolute Gasteiger partial charge is 0.312 e. The molecule has 0 heterocycles. The van der Waals surface area contributed by atoms with E-state index >= 15 is 0 Å². The van der Waals surface area contributed by atoms with Crippen LogP contribution in [0.3, 0.4) is 0 Å². The van der Waals surface area contributed by atoms with Gasteiger partial charge >= 0.3 is 11.9 Å². The predicted molar refractivity (Wildman–Crippen MR) is 47.2 cm³/mol. The van der Waals surface area contributed by atoms with Crippen molar-refractivity contribution in [3.63, 3.8) is 0 Å². The molecule has 1 atom stereocenters. The minimum absolute atomic E-state index is 0.272. The molecule has 0 aromatic heterocycles. The van der Waals surface area contributed by atoms with Crippen molar-refractivity contribution in [2.24, 2.45) is 11.3 Å². The van der Waals surface area contributed by atoms with Gasteiger partial charge in [0, 0.05) is 0 Å². The van der Waals surface area contributed by atoms with Crippen LogP contribution in [-0.4, -0.2) is 23.7 Å². The predicted octanol–water partition coefficient (Wildman–Crippen LogP) is 1.30. The average Bonchev–Trinajstić information content (AvgIpc) is 2.03. The molecule has 0 aliphatic heterocycles. The lowest BCUT2D eigenvalue weighted by molar-refractivity contribution is -0.163. The molecule has 0 spiro atoms. The molecule has 0 saturated heterocycles. The molecule has 4 heteroatoms. The second kappa shape index (κ2) is 4.25. The summed E-state index contributed by atoms with van der Waals surface area (Å²) < 4.78 is 4.78. The van der Waals surface area contributed by atoms with Gasteiger partial charge in [-0.25, -0.2) is 0 Å². The Morgan fingerprint density at radius 3 is 2.23 bits per heavy atom. The van der Waals surface area contributed by atoms with E-state index in [1.807, 2.05) is 0 Å². The first-order valence-electron chi connectivity index (χ1n) is 4.24. The Balaban J connectivity index is 4.54. The van der Waals surface area contributed by atoms with Crippen LogP contribution >= 0.6 is 0 Å². The minimum Gasteiger partial charge on any atom is -0.481 e. The summed E-state index contributed by atoms with van der Waals surface area (Å²) in [6, 6.07) is 0. The summed E-state index contributed by atoms with van der Waals surface area (Å²) in [5.74, 6) is -2.20. The molecule has 1 N–H and O–H groups in total. The van der Waals surface area contributed by atoms with E-state index in [1.54, 1.807) is 20.8 Å². The van der Waals surface area contributed by atoms with Crippen LogP contribution in [0.15, 0.2) is 0 Å². The van der Waals surface area contributed by atoms with Gasteiger partial charge in [-0.05, 0) is 20.8 Å². The third-order valence-electron chi connectivity index (χ3n) is 2.25. The van der Waals surface area contributed by atoms with Crippen molar-refractivity contribution in [2.45, 2.75) is 27.7 Å². The van der Waals surface area contributed by atoms with E-state index in [2.05, 4.69) is 0 Å². The van der Waals surface area contributed by atoms with Crippen LogP contribution < -0.4 is 0 Å². The summed E-state index contributed by atoms with van der Waals surface area (Å²) in [4.78, 5) is 22.0. The maximum Gasteiger partial charge on any atom is 0.312 e. The Hall–Kier alpha value is -1.06. The lowest BCUT2D eigenvalue weighted by Gasteiger charge is -2.25. The number of carbonyl (C=O) groups excluding carboxylic acids is 1. The van der Waals surface area contributed by atoms with Crippen molar-refractivity contribution in [1.29, 1.82) is 0 Å². The SMILES string of the molecule is CCOC(=O)C(C)(C)[C@@H](C)C(=O)O. The zero-order chi connectivity index (χ0) is 10.6. The summed E-state index contributed by atoms with van der Waals surface area (Å²) in [6.45, 7) is 6.61. The first-order chi connectivity index (χ1) is 5.84. The molecule has 0 amide bonds. The molecule has 13 heavy (non-hydrogen) atoms. The van der Waals surface area contributed by atoms with Crippen molar-refractivity contribution < 1.29 is 19.4 Å². The van der Waals surface area contributed by atoms with Gasteiger partial charge in [0.1, 0.15) is 0 Å². The normalized spacial score (nSPS) is 13.5. The monoisotopic (exact) mass is 188 g/mol. The third-order valence-corrected chi connectivity index (χ3v) is 2.25. The maximum atomic E-state index is 11.3. The van der Waals surface area contributed by atoms with Crippen molar-refractivity contribution in [3.8, 4) is 0 Å². The average molecular weight is 188 g/mol. The van der Waals surface area contributed by atoms with Gasteiger partial charge in [0.05, 0.1) is 17.9 Å². The van der Waals surface area contributed by atoms with Gasteiger partial charge in [-0.1, -0.05) is 6.92 Å². The van der Waals surface area contributed by atoms with Crippen LogP contribution in [0.5, 0.6) is 0 Å². The number of ether oxygens (including phenoxy) is 1. The van der Waals surface area contributed by atoms with Crippen LogP contribution in [0, 0.1) is 11.3 Å². The lowest BCUT2D eigenvalue weighted by atomic mass is 9.80. The molecule has 0 saturated carbocycles. The van der Waals surface area contributed by atoms with Gasteiger partial charge in [-0.15, -0.1) is 0 Å². The summed E-state index contributed by atoms with van der Waals surface area (Å²) in [5, 5.41) is 8.73. The Kier molecular flexibility index (Phi) is 3.91. The number of carbonyl (C=O) groups is 2. The fourth-order valence-electron chi connectivity index (χ4n) is 0.803. The summed E-state index contributed by atoms with van der Waals surface area (Å²) >= 11 is 0. The van der Waals surface area contributed by atoms with Crippen molar-refractivity contribution in [2.75, 3.05) is 6.61 Å². The summed E-state index contributed by atoms with van der Waals surface area (Å²) in [6.07, 6.45) is 0. The van der Waals surface area contributed by atoms with E-state index in [9.17, 15) is 9.59 Å². The number of esters is 1. The topological polar surface area (TPSA) is 63.6 Å². The number of carboxylic acids is 1. The second-order valence-electron chi connectivity index (χ2n) is 3.50. The standard InChI is InChI=1S/C9H16O4/c1-5-13-8(12)9(3,4)6(2)7(10)11/h6H,5H2,1-4H3,(H,10,11)/t6-/m0/s1. The molecule has 0 aliphatic carbocycles. The molecule has 0 fully saturated rings. The molecular weight excluding hydrogens is 172 g/mol. The summed E-state index contributed by atoms with van der Waals surface area (Å²) in [7, 11) is 0. The maximum absolute atomic E-state index is 11.3. The van der Waals surface area contributed by atoms with Gasteiger partial charge in [0.15, 0.2) is 0 Å². The van der Waals surface area contributed by atoms with Crippen LogP contribution in [-0.2, 0) is 14.3 Å². The molecule has 0 aromatic rings. The van der Waals surface area contributed by atoms with E-state index < -0.39 is 23.3 Å². The quantitative estimate of drug-likeness (QED) is 0.675. The molecule has 0 aliphatic rings. The Labute approximate surface area is 77.9 Å². The molecular formula is C9H16O4. The van der Waals surface area contributed by atoms with E-state index in [1.165, 1.54) is 6.92 Å². The fraction of sp³-hybridized carbons (Fsp3) is 0.778. The fourth-order valence-corrected chi connectivity index (χ4v) is 0.803. The van der Waals surface area contributed by atoms with Crippen molar-refractivity contribution >= 4 is 11.9 Å². The third kappa shape index (κ3) is 2.72. The number of carboxylic acid groups (broad SMARTS) is 1. The molecule has 0 rings (SSSR count). The molecule has 76 valence electrons. The Morgan fingerprint density at radius 2 is 1.92 bits per heavy atom. The van der Waals surface area contributed by atoms with E-state index in [4.69, 9.17) is 9.84 Å². The van der Waals surface area contributed by atoms with Gasteiger partial charge in [-0.2, -0.15) is 0 Å². The highest BCUT2D eigenvalue weighted by Gasteiger charge is 2.39. The largest absolute Gasteiger partial charge is 0.481 e. The van der Waals surface area contributed by atoms with Crippen LogP contribution in [0.25, 0.3) is 0 Å². The Morgan fingerprint density at radius 1 is 1.46 bits per heavy atom. The first kappa shape index (κ1) is 11.9. The van der Waals surface area contributed by atoms with E-state index in [0.29, 0.717) is 0 Å². The molecule has 0 aromatic carbocycles. The lowest BCUT2D eigenvalue weighted by Crippen LogP contribution is -2.37. The minimum atomic E-state index is -0.988. The molecule has 0 radical (unpaired) electrons. The zero-order valence-electron chi connectivity index (χ0n) is 8.46.